The number of anilines is 1. The Bertz CT molecular complexity index is 629. The molecule has 1 aromatic rings. The molecule has 0 fully saturated rings. The number of hydrazone groups is 1. The summed E-state index contributed by atoms with van der Waals surface area (Å²) in [7, 11) is 0. The van der Waals surface area contributed by atoms with Crippen molar-refractivity contribution in [2.24, 2.45) is 10.8 Å². The molecule has 0 heterocycles. The van der Waals surface area contributed by atoms with E-state index in [1.807, 2.05) is 0 Å². The maximum absolute atomic E-state index is 11.0. The predicted octanol–water partition coefficient (Wildman–Crippen LogP) is 0.360. The lowest BCUT2D eigenvalue weighted by Crippen LogP contribution is -2.26. The van der Waals surface area contributed by atoms with Crippen LogP contribution in [0.25, 0.3) is 0 Å². The van der Waals surface area contributed by atoms with Gasteiger partial charge in [-0.3, -0.25) is 5.43 Å². The van der Waals surface area contributed by atoms with Crippen molar-refractivity contribution in [2.75, 3.05) is 5.43 Å². The zero-order chi connectivity index (χ0) is 15.1. The molecule has 0 saturated carbocycles. The first-order valence-electron chi connectivity index (χ1n) is 5.23. The molecule has 5 N–H and O–H groups in total. The monoisotopic (exact) mass is 274 g/mol. The van der Waals surface area contributed by atoms with Gasteiger partial charge in [0.05, 0.1) is 11.4 Å². The van der Waals surface area contributed by atoms with E-state index in [1.54, 1.807) is 30.3 Å². The van der Waals surface area contributed by atoms with Crippen molar-refractivity contribution in [3.05, 3.63) is 41.6 Å². The van der Waals surface area contributed by atoms with Crippen LogP contribution in [0.3, 0.4) is 0 Å². The van der Waals surface area contributed by atoms with Crippen LogP contribution in [0.2, 0.25) is 0 Å². The zero-order valence-corrected chi connectivity index (χ0v) is 10.1. The second-order valence-corrected chi connectivity index (χ2v) is 3.45. The van der Waals surface area contributed by atoms with Crippen LogP contribution >= 0.6 is 0 Å². The van der Waals surface area contributed by atoms with Crippen LogP contribution in [-0.2, 0) is 9.59 Å². The van der Waals surface area contributed by atoms with Gasteiger partial charge in [-0.05, 0) is 12.1 Å². The van der Waals surface area contributed by atoms with Crippen molar-refractivity contribution >= 4 is 23.3 Å². The third-order valence-electron chi connectivity index (χ3n) is 2.12. The first-order valence-corrected chi connectivity index (χ1v) is 5.23. The molecule has 0 atom stereocenters. The lowest BCUT2D eigenvalue weighted by Gasteiger charge is -2.04. The van der Waals surface area contributed by atoms with E-state index >= 15 is 0 Å². The summed E-state index contributed by atoms with van der Waals surface area (Å²) in [5, 5.41) is 29.9. The summed E-state index contributed by atoms with van der Waals surface area (Å²) in [4.78, 5) is 21.8. The Morgan fingerprint density at radius 3 is 2.25 bits per heavy atom. The third kappa shape index (κ3) is 3.58. The van der Waals surface area contributed by atoms with E-state index < -0.39 is 28.9 Å². The van der Waals surface area contributed by atoms with Crippen molar-refractivity contribution < 1.29 is 19.8 Å². The fourth-order valence-corrected chi connectivity index (χ4v) is 1.20. The minimum Gasteiger partial charge on any atom is -0.477 e. The maximum Gasteiger partial charge on any atom is 0.358 e. The molecule has 0 aliphatic heterocycles. The number of benzene rings is 1. The Morgan fingerprint density at radius 2 is 1.80 bits per heavy atom. The normalized spacial score (nSPS) is 12.1. The van der Waals surface area contributed by atoms with Crippen LogP contribution in [0.1, 0.15) is 0 Å². The molecule has 0 spiro atoms. The van der Waals surface area contributed by atoms with Crippen molar-refractivity contribution in [1.82, 2.24) is 0 Å². The number of nitrogens with zero attached hydrogens (tertiary/aromatic N) is 2. The van der Waals surface area contributed by atoms with Gasteiger partial charge in [-0.15, -0.1) is 0 Å². The molecular weight excluding hydrogens is 264 g/mol. The highest BCUT2D eigenvalue weighted by Crippen LogP contribution is 2.07. The van der Waals surface area contributed by atoms with Crippen molar-refractivity contribution in [3.63, 3.8) is 0 Å². The summed E-state index contributed by atoms with van der Waals surface area (Å²) in [6.45, 7) is 0. The SMILES string of the molecule is N#C/C(C(=O)O)=C(N)\C(=N\Nc1ccccc1)C(=O)O. The molecule has 0 bridgehead atoms. The van der Waals surface area contributed by atoms with Gasteiger partial charge >= 0.3 is 11.9 Å². The summed E-state index contributed by atoms with van der Waals surface area (Å²) in [6, 6.07) is 9.68. The first kappa shape index (κ1) is 14.7. The molecule has 0 saturated heterocycles. The third-order valence-corrected chi connectivity index (χ3v) is 2.12. The highest BCUT2D eigenvalue weighted by Gasteiger charge is 2.21. The molecule has 0 amide bonds. The lowest BCUT2D eigenvalue weighted by atomic mass is 10.1. The van der Waals surface area contributed by atoms with Crippen LogP contribution in [0.15, 0.2) is 46.7 Å². The number of hydrogen-bond donors (Lipinski definition) is 4. The Morgan fingerprint density at radius 1 is 1.20 bits per heavy atom. The van der Waals surface area contributed by atoms with E-state index in [4.69, 9.17) is 21.2 Å². The molecule has 0 aliphatic carbocycles. The summed E-state index contributed by atoms with van der Waals surface area (Å²) in [5.74, 6) is -3.18. The van der Waals surface area contributed by atoms with Crippen LogP contribution in [0.4, 0.5) is 5.69 Å². The molecule has 8 nitrogen and oxygen atoms in total. The minimum absolute atomic E-state index is 0.480. The molecule has 8 heteroatoms. The van der Waals surface area contributed by atoms with Gasteiger partial charge < -0.3 is 15.9 Å². The predicted molar refractivity (Wildman–Crippen MR) is 69.6 cm³/mol. The molecular formula is C12H10N4O4. The summed E-state index contributed by atoms with van der Waals surface area (Å²) >= 11 is 0. The number of carboxylic acids is 2. The molecule has 1 rings (SSSR count). The van der Waals surface area contributed by atoms with Crippen LogP contribution in [0, 0.1) is 11.3 Å². The van der Waals surface area contributed by atoms with Gasteiger partial charge in [0.2, 0.25) is 0 Å². The van der Waals surface area contributed by atoms with Gasteiger partial charge in [0, 0.05) is 0 Å². The molecule has 102 valence electrons. The van der Waals surface area contributed by atoms with Gasteiger partial charge in [-0.2, -0.15) is 10.4 Å². The average Bonchev–Trinajstić information content (AvgIpc) is 2.40. The molecule has 1 aromatic carbocycles. The number of nitrogens with one attached hydrogen (secondary N) is 1. The lowest BCUT2D eigenvalue weighted by molar-refractivity contribution is -0.132. The maximum atomic E-state index is 11.0. The second kappa shape index (κ2) is 6.55. The molecule has 0 aromatic heterocycles. The largest absolute Gasteiger partial charge is 0.477 e. The number of hydrogen-bond acceptors (Lipinski definition) is 6. The first-order chi connectivity index (χ1) is 9.47. The molecule has 0 unspecified atom stereocenters. The average molecular weight is 274 g/mol. The zero-order valence-electron chi connectivity index (χ0n) is 10.1. The molecule has 0 radical (unpaired) electrons. The van der Waals surface area contributed by atoms with E-state index in [1.165, 1.54) is 6.07 Å². The Labute approximate surface area is 113 Å². The van der Waals surface area contributed by atoms with Crippen LogP contribution in [0.5, 0.6) is 0 Å². The van der Waals surface area contributed by atoms with Crippen molar-refractivity contribution in [1.29, 1.82) is 5.26 Å². The number of nitriles is 1. The number of carbonyl (C=O) groups is 2. The van der Waals surface area contributed by atoms with Crippen molar-refractivity contribution in [3.8, 4) is 6.07 Å². The van der Waals surface area contributed by atoms with E-state index in [0.717, 1.165) is 0 Å². The van der Waals surface area contributed by atoms with Gasteiger partial charge in [0.25, 0.3) is 0 Å². The van der Waals surface area contributed by atoms with Gasteiger partial charge in [-0.25, -0.2) is 9.59 Å². The van der Waals surface area contributed by atoms with Crippen molar-refractivity contribution in [2.45, 2.75) is 0 Å². The van der Waals surface area contributed by atoms with E-state index in [9.17, 15) is 9.59 Å². The second-order valence-electron chi connectivity index (χ2n) is 3.45. The fourth-order valence-electron chi connectivity index (χ4n) is 1.20. The van der Waals surface area contributed by atoms with E-state index in [2.05, 4.69) is 10.5 Å². The quantitative estimate of drug-likeness (QED) is 0.262. The highest BCUT2D eigenvalue weighted by atomic mass is 16.4. The smallest absolute Gasteiger partial charge is 0.358 e. The Balaban J connectivity index is 3.16. The van der Waals surface area contributed by atoms with Gasteiger partial charge in [-0.1, -0.05) is 18.2 Å². The Hall–Kier alpha value is -3.34. The fraction of sp³-hybridized carbons (Fsp3) is 0. The molecule has 20 heavy (non-hydrogen) atoms. The number of aliphatic carboxylic acids is 2. The van der Waals surface area contributed by atoms with Crippen LogP contribution < -0.4 is 11.2 Å². The van der Waals surface area contributed by atoms with Gasteiger partial charge in [0.1, 0.15) is 6.07 Å². The number of para-hydroxylation sites is 1. The van der Waals surface area contributed by atoms with Gasteiger partial charge in [0.15, 0.2) is 11.3 Å². The summed E-state index contributed by atoms with van der Waals surface area (Å²) in [5.41, 5.74) is 5.89. The minimum atomic E-state index is -1.63. The topological polar surface area (TPSA) is 149 Å². The number of nitrogens with two attached hydrogens (primary N) is 1. The van der Waals surface area contributed by atoms with E-state index in [-0.39, 0.29) is 0 Å². The standard InChI is InChI=1S/C12H10N4O4/c13-6-8(11(17)18)9(14)10(12(19)20)16-15-7-4-2-1-3-5-7/h1-5,15H,14H2,(H,17,18)(H,19,20)/b9-8-,16-10-. The number of carboxylic acid groups (broad SMARTS) is 2. The number of rotatable bonds is 5. The summed E-state index contributed by atoms with van der Waals surface area (Å²) in [6.07, 6.45) is 0. The van der Waals surface area contributed by atoms with Crippen LogP contribution in [-0.4, -0.2) is 27.9 Å². The summed E-state index contributed by atoms with van der Waals surface area (Å²) < 4.78 is 0. The van der Waals surface area contributed by atoms with E-state index in [0.29, 0.717) is 5.69 Å². The molecule has 0 aliphatic rings. The Kier molecular flexibility index (Phi) is 4.82. The highest BCUT2D eigenvalue weighted by molar-refractivity contribution is 6.43.